The maximum Gasteiger partial charge on any atom is 0.323 e. The smallest absolute Gasteiger partial charge is 0.323 e. The Bertz CT molecular complexity index is 647. The van der Waals surface area contributed by atoms with Crippen LogP contribution in [0.2, 0.25) is 0 Å². The van der Waals surface area contributed by atoms with E-state index in [-0.39, 0.29) is 30.8 Å². The number of hydrogen-bond acceptors (Lipinski definition) is 4. The Kier molecular flexibility index (Phi) is 6.74. The maximum absolute atomic E-state index is 12.8. The van der Waals surface area contributed by atoms with E-state index in [0.29, 0.717) is 19.6 Å². The first-order valence-corrected chi connectivity index (χ1v) is 8.79. The van der Waals surface area contributed by atoms with Gasteiger partial charge in [-0.05, 0) is 26.6 Å². The predicted octanol–water partition coefficient (Wildman–Crippen LogP) is 1.07. The van der Waals surface area contributed by atoms with Gasteiger partial charge < -0.3 is 19.8 Å². The number of rotatable bonds is 8. The van der Waals surface area contributed by atoms with Crippen LogP contribution in [0.3, 0.4) is 0 Å². The molecule has 26 heavy (non-hydrogen) atoms. The van der Waals surface area contributed by atoms with Crippen molar-refractivity contribution >= 4 is 17.8 Å². The summed E-state index contributed by atoms with van der Waals surface area (Å²) in [7, 11) is 3.73. The number of amides is 2. The molecule has 0 saturated carbocycles. The fourth-order valence-electron chi connectivity index (χ4n) is 3.19. The summed E-state index contributed by atoms with van der Waals surface area (Å²) in [5.74, 6) is -1.86. The Hall–Kier alpha value is -2.41. The summed E-state index contributed by atoms with van der Waals surface area (Å²) in [6.07, 6.45) is 0.133. The van der Waals surface area contributed by atoms with Crippen molar-refractivity contribution in [1.29, 1.82) is 0 Å². The van der Waals surface area contributed by atoms with Crippen LogP contribution in [-0.4, -0.2) is 77.9 Å². The molecule has 1 aromatic rings. The SMILES string of the molecule is C[C@@H](c1ccccc1)N1C[C@@H](C(=O)N(CCN(C)C)CC(=O)O)CC1=O. The van der Waals surface area contributed by atoms with Crippen LogP contribution in [-0.2, 0) is 14.4 Å². The monoisotopic (exact) mass is 361 g/mol. The van der Waals surface area contributed by atoms with E-state index in [4.69, 9.17) is 5.11 Å². The molecular weight excluding hydrogens is 334 g/mol. The molecule has 0 bridgehead atoms. The summed E-state index contributed by atoms with van der Waals surface area (Å²) in [6, 6.07) is 9.57. The molecule has 0 radical (unpaired) electrons. The largest absolute Gasteiger partial charge is 0.480 e. The molecule has 2 amide bonds. The van der Waals surface area contributed by atoms with Crippen LogP contribution >= 0.6 is 0 Å². The highest BCUT2D eigenvalue weighted by Crippen LogP contribution is 2.29. The van der Waals surface area contributed by atoms with Crippen LogP contribution in [0, 0.1) is 5.92 Å². The summed E-state index contributed by atoms with van der Waals surface area (Å²) in [6.45, 7) is 2.83. The fraction of sp³-hybridized carbons (Fsp3) is 0.526. The first kappa shape index (κ1) is 19.9. The van der Waals surface area contributed by atoms with Crippen molar-refractivity contribution in [2.45, 2.75) is 19.4 Å². The first-order valence-electron chi connectivity index (χ1n) is 8.79. The van der Waals surface area contributed by atoms with E-state index in [1.807, 2.05) is 56.3 Å². The van der Waals surface area contributed by atoms with Crippen LogP contribution < -0.4 is 0 Å². The third-order valence-electron chi connectivity index (χ3n) is 4.71. The van der Waals surface area contributed by atoms with Gasteiger partial charge in [-0.1, -0.05) is 30.3 Å². The van der Waals surface area contributed by atoms with Gasteiger partial charge in [-0.3, -0.25) is 14.4 Å². The van der Waals surface area contributed by atoms with Crippen molar-refractivity contribution in [3.63, 3.8) is 0 Å². The van der Waals surface area contributed by atoms with E-state index in [9.17, 15) is 14.4 Å². The molecule has 1 fully saturated rings. The van der Waals surface area contributed by atoms with Gasteiger partial charge in [-0.15, -0.1) is 0 Å². The second-order valence-electron chi connectivity index (χ2n) is 6.99. The van der Waals surface area contributed by atoms with Gasteiger partial charge in [0.25, 0.3) is 0 Å². The normalized spacial score (nSPS) is 18.2. The standard InChI is InChI=1S/C19H27N3O4/c1-14(15-7-5-4-6-8-15)22-12-16(11-17(22)23)19(26)21(13-18(24)25)10-9-20(2)3/h4-8,14,16H,9-13H2,1-3H3,(H,24,25)/t14-,16-/m0/s1. The third-order valence-corrected chi connectivity index (χ3v) is 4.71. The lowest BCUT2D eigenvalue weighted by molar-refractivity contribution is -0.146. The Morgan fingerprint density at radius 1 is 1.23 bits per heavy atom. The van der Waals surface area contributed by atoms with Crippen LogP contribution in [0.15, 0.2) is 30.3 Å². The van der Waals surface area contributed by atoms with Gasteiger partial charge in [0, 0.05) is 26.1 Å². The summed E-state index contributed by atoms with van der Waals surface area (Å²) < 4.78 is 0. The number of carboxylic acid groups (broad SMARTS) is 1. The molecule has 1 N–H and O–H groups in total. The quantitative estimate of drug-likeness (QED) is 0.749. The van der Waals surface area contributed by atoms with Crippen LogP contribution in [0.1, 0.15) is 24.9 Å². The lowest BCUT2D eigenvalue weighted by atomic mass is 10.1. The average molecular weight is 361 g/mol. The van der Waals surface area contributed by atoms with Crippen molar-refractivity contribution in [3.8, 4) is 0 Å². The molecule has 1 aliphatic heterocycles. The van der Waals surface area contributed by atoms with Crippen LogP contribution in [0.4, 0.5) is 0 Å². The highest BCUT2D eigenvalue weighted by molar-refractivity contribution is 5.90. The van der Waals surface area contributed by atoms with E-state index < -0.39 is 11.9 Å². The van der Waals surface area contributed by atoms with Crippen LogP contribution in [0.5, 0.6) is 0 Å². The Balaban J connectivity index is 2.06. The van der Waals surface area contributed by atoms with Gasteiger partial charge in [0.05, 0.1) is 12.0 Å². The molecule has 1 aromatic carbocycles. The highest BCUT2D eigenvalue weighted by atomic mass is 16.4. The molecule has 2 atom stereocenters. The number of likely N-dealkylation sites (tertiary alicyclic amines) is 1. The average Bonchev–Trinajstić information content (AvgIpc) is 2.99. The maximum atomic E-state index is 12.8. The summed E-state index contributed by atoms with van der Waals surface area (Å²) in [4.78, 5) is 41.3. The highest BCUT2D eigenvalue weighted by Gasteiger charge is 2.39. The van der Waals surface area contributed by atoms with Gasteiger partial charge in [0.15, 0.2) is 0 Å². The second-order valence-corrected chi connectivity index (χ2v) is 6.99. The molecule has 7 heteroatoms. The molecule has 0 aliphatic carbocycles. The molecular formula is C19H27N3O4. The minimum Gasteiger partial charge on any atom is -0.480 e. The first-order chi connectivity index (χ1) is 12.3. The van der Waals surface area contributed by atoms with Gasteiger partial charge >= 0.3 is 5.97 Å². The number of nitrogens with zero attached hydrogens (tertiary/aromatic N) is 3. The summed E-state index contributed by atoms with van der Waals surface area (Å²) in [5, 5.41) is 9.10. The van der Waals surface area contributed by atoms with Crippen molar-refractivity contribution in [2.75, 3.05) is 40.3 Å². The van der Waals surface area contributed by atoms with E-state index >= 15 is 0 Å². The second kappa shape index (κ2) is 8.80. The van der Waals surface area contributed by atoms with Crippen molar-refractivity contribution < 1.29 is 19.5 Å². The zero-order chi connectivity index (χ0) is 19.3. The number of benzene rings is 1. The number of carboxylic acids is 1. The molecule has 0 aromatic heterocycles. The minimum atomic E-state index is -1.05. The Morgan fingerprint density at radius 3 is 2.46 bits per heavy atom. The van der Waals surface area contributed by atoms with E-state index in [0.717, 1.165) is 5.56 Å². The predicted molar refractivity (Wildman–Crippen MR) is 97.4 cm³/mol. The van der Waals surface area contributed by atoms with E-state index in [1.165, 1.54) is 4.90 Å². The van der Waals surface area contributed by atoms with Gasteiger partial charge in [0.2, 0.25) is 11.8 Å². The molecule has 1 heterocycles. The molecule has 0 spiro atoms. The van der Waals surface area contributed by atoms with Crippen molar-refractivity contribution in [2.24, 2.45) is 5.92 Å². The molecule has 1 aliphatic rings. The van der Waals surface area contributed by atoms with E-state index in [1.54, 1.807) is 4.90 Å². The summed E-state index contributed by atoms with van der Waals surface area (Å²) >= 11 is 0. The number of carbonyl (C=O) groups excluding carboxylic acids is 2. The molecule has 1 saturated heterocycles. The lowest BCUT2D eigenvalue weighted by Crippen LogP contribution is -2.43. The van der Waals surface area contributed by atoms with Crippen LogP contribution in [0.25, 0.3) is 0 Å². The number of carbonyl (C=O) groups is 3. The molecule has 142 valence electrons. The number of hydrogen-bond donors (Lipinski definition) is 1. The molecule has 0 unspecified atom stereocenters. The minimum absolute atomic E-state index is 0.0670. The number of likely N-dealkylation sites (N-methyl/N-ethyl adjacent to an activating group) is 1. The van der Waals surface area contributed by atoms with Gasteiger partial charge in [0.1, 0.15) is 6.54 Å². The van der Waals surface area contributed by atoms with Crippen molar-refractivity contribution in [3.05, 3.63) is 35.9 Å². The van der Waals surface area contributed by atoms with Gasteiger partial charge in [-0.25, -0.2) is 0 Å². The molecule has 7 nitrogen and oxygen atoms in total. The zero-order valence-electron chi connectivity index (χ0n) is 15.6. The zero-order valence-corrected chi connectivity index (χ0v) is 15.6. The Morgan fingerprint density at radius 2 is 1.88 bits per heavy atom. The lowest BCUT2D eigenvalue weighted by Gasteiger charge is -2.27. The Labute approximate surface area is 154 Å². The summed E-state index contributed by atoms with van der Waals surface area (Å²) in [5.41, 5.74) is 1.02. The third kappa shape index (κ3) is 5.05. The topological polar surface area (TPSA) is 81.2 Å². The molecule has 2 rings (SSSR count). The van der Waals surface area contributed by atoms with Gasteiger partial charge in [-0.2, -0.15) is 0 Å². The van der Waals surface area contributed by atoms with Crippen molar-refractivity contribution in [1.82, 2.24) is 14.7 Å². The van der Waals surface area contributed by atoms with E-state index in [2.05, 4.69) is 0 Å². The fourth-order valence-corrected chi connectivity index (χ4v) is 3.19. The number of aliphatic carboxylic acids is 1.